The first-order valence-electron chi connectivity index (χ1n) is 9.85. The Kier molecular flexibility index (Phi) is 5.79. The Balaban J connectivity index is 1.60. The minimum atomic E-state index is -4.00. The molecule has 0 aliphatic carbocycles. The van der Waals surface area contributed by atoms with Crippen molar-refractivity contribution in [1.29, 1.82) is 0 Å². The topological polar surface area (TPSA) is 105 Å². The average molecular weight is 449 g/mol. The standard InChI is InChI=1S/C24H20N2O5S/c1-16(17-7-3-2-4-8-17)25-24(28)20-9-5-6-10-21(20)26-32(29,30)19-12-13-22-18(15-19)11-14-23(27)31-22/h2-16,26H,1H3,(H,25,28). The van der Waals surface area contributed by atoms with Gasteiger partial charge < -0.3 is 9.73 Å². The molecule has 0 aliphatic heterocycles. The highest BCUT2D eigenvalue weighted by molar-refractivity contribution is 7.92. The van der Waals surface area contributed by atoms with Crippen LogP contribution in [0.15, 0.2) is 99.0 Å². The summed E-state index contributed by atoms with van der Waals surface area (Å²) in [5, 5.41) is 3.36. The molecule has 0 spiro atoms. The van der Waals surface area contributed by atoms with Crippen molar-refractivity contribution in [3.05, 3.63) is 106 Å². The van der Waals surface area contributed by atoms with E-state index in [-0.39, 0.29) is 27.8 Å². The highest BCUT2D eigenvalue weighted by Crippen LogP contribution is 2.23. The predicted molar refractivity (Wildman–Crippen MR) is 122 cm³/mol. The van der Waals surface area contributed by atoms with Crippen LogP contribution in [0.2, 0.25) is 0 Å². The summed E-state index contributed by atoms with van der Waals surface area (Å²) in [4.78, 5) is 24.2. The lowest BCUT2D eigenvalue weighted by molar-refractivity contribution is 0.0941. The molecule has 7 nitrogen and oxygen atoms in total. The summed E-state index contributed by atoms with van der Waals surface area (Å²) < 4.78 is 33.5. The van der Waals surface area contributed by atoms with Crippen LogP contribution in [0.25, 0.3) is 11.0 Å². The van der Waals surface area contributed by atoms with Gasteiger partial charge in [-0.15, -0.1) is 0 Å². The lowest BCUT2D eigenvalue weighted by Gasteiger charge is -2.17. The van der Waals surface area contributed by atoms with Gasteiger partial charge in [0.15, 0.2) is 0 Å². The summed E-state index contributed by atoms with van der Waals surface area (Å²) in [6, 6.07) is 22.5. The lowest BCUT2D eigenvalue weighted by Crippen LogP contribution is -2.28. The Labute approximate surface area is 184 Å². The molecule has 4 aromatic rings. The van der Waals surface area contributed by atoms with Crippen LogP contribution in [0.1, 0.15) is 28.9 Å². The highest BCUT2D eigenvalue weighted by atomic mass is 32.2. The highest BCUT2D eigenvalue weighted by Gasteiger charge is 2.20. The molecule has 1 heterocycles. The van der Waals surface area contributed by atoms with E-state index in [2.05, 4.69) is 10.0 Å². The van der Waals surface area contributed by atoms with Gasteiger partial charge in [0.25, 0.3) is 15.9 Å². The molecule has 0 radical (unpaired) electrons. The van der Waals surface area contributed by atoms with E-state index in [1.807, 2.05) is 37.3 Å². The van der Waals surface area contributed by atoms with Gasteiger partial charge in [0.05, 0.1) is 22.2 Å². The number of fused-ring (bicyclic) bond motifs is 1. The van der Waals surface area contributed by atoms with E-state index in [0.29, 0.717) is 5.39 Å². The second-order valence-corrected chi connectivity index (χ2v) is 8.89. The first-order chi connectivity index (χ1) is 15.3. The monoisotopic (exact) mass is 448 g/mol. The second kappa shape index (κ2) is 8.68. The molecule has 1 unspecified atom stereocenters. The number of carbonyl (C=O) groups is 1. The number of amides is 1. The molecule has 2 N–H and O–H groups in total. The molecule has 32 heavy (non-hydrogen) atoms. The number of sulfonamides is 1. The molecule has 0 fully saturated rings. The minimum Gasteiger partial charge on any atom is -0.423 e. The molecule has 0 saturated heterocycles. The Hall–Kier alpha value is -3.91. The van der Waals surface area contributed by atoms with Crippen LogP contribution >= 0.6 is 0 Å². The maximum absolute atomic E-state index is 13.0. The fourth-order valence-electron chi connectivity index (χ4n) is 3.29. The van der Waals surface area contributed by atoms with Gasteiger partial charge in [-0.05, 0) is 48.9 Å². The van der Waals surface area contributed by atoms with E-state index in [4.69, 9.17) is 4.42 Å². The third kappa shape index (κ3) is 4.55. The van der Waals surface area contributed by atoms with Crippen LogP contribution in [0.4, 0.5) is 5.69 Å². The summed E-state index contributed by atoms with van der Waals surface area (Å²) >= 11 is 0. The van der Waals surface area contributed by atoms with Gasteiger partial charge in [-0.3, -0.25) is 9.52 Å². The van der Waals surface area contributed by atoms with Crippen LogP contribution in [0.5, 0.6) is 0 Å². The first-order valence-corrected chi connectivity index (χ1v) is 11.3. The molecule has 1 aromatic heterocycles. The smallest absolute Gasteiger partial charge is 0.336 e. The maximum Gasteiger partial charge on any atom is 0.336 e. The number of rotatable bonds is 6. The normalized spacial score (nSPS) is 12.3. The molecule has 3 aromatic carbocycles. The summed E-state index contributed by atoms with van der Waals surface area (Å²) in [5.74, 6) is -0.403. The van der Waals surface area contributed by atoms with Crippen molar-refractivity contribution in [2.24, 2.45) is 0 Å². The summed E-state index contributed by atoms with van der Waals surface area (Å²) in [6.07, 6.45) is 0. The molecule has 1 atom stereocenters. The van der Waals surface area contributed by atoms with E-state index >= 15 is 0 Å². The Morgan fingerprint density at radius 3 is 2.41 bits per heavy atom. The molecule has 0 bridgehead atoms. The van der Waals surface area contributed by atoms with Gasteiger partial charge in [0.1, 0.15) is 5.58 Å². The largest absolute Gasteiger partial charge is 0.423 e. The van der Waals surface area contributed by atoms with Crippen molar-refractivity contribution >= 4 is 32.6 Å². The predicted octanol–water partition coefficient (Wildman–Crippen LogP) is 4.08. The molecule has 162 valence electrons. The lowest BCUT2D eigenvalue weighted by atomic mass is 10.1. The fraction of sp³-hybridized carbons (Fsp3) is 0.0833. The number of nitrogens with one attached hydrogen (secondary N) is 2. The van der Waals surface area contributed by atoms with Crippen LogP contribution in [0, 0.1) is 0 Å². The Morgan fingerprint density at radius 1 is 0.906 bits per heavy atom. The van der Waals surface area contributed by atoms with Crippen molar-refractivity contribution in [3.8, 4) is 0 Å². The fourth-order valence-corrected chi connectivity index (χ4v) is 4.41. The van der Waals surface area contributed by atoms with E-state index in [1.54, 1.807) is 18.2 Å². The van der Waals surface area contributed by atoms with Crippen molar-refractivity contribution in [2.45, 2.75) is 17.9 Å². The van der Waals surface area contributed by atoms with E-state index in [9.17, 15) is 18.0 Å². The number of anilines is 1. The minimum absolute atomic E-state index is 0.0216. The molecule has 8 heteroatoms. The van der Waals surface area contributed by atoms with Crippen LogP contribution in [-0.4, -0.2) is 14.3 Å². The molecule has 1 amide bonds. The second-order valence-electron chi connectivity index (χ2n) is 7.21. The van der Waals surface area contributed by atoms with Gasteiger partial charge in [0.2, 0.25) is 0 Å². The maximum atomic E-state index is 13.0. The van der Waals surface area contributed by atoms with Crippen LogP contribution in [0.3, 0.4) is 0 Å². The molecule has 4 rings (SSSR count). The Morgan fingerprint density at radius 2 is 1.62 bits per heavy atom. The number of para-hydroxylation sites is 1. The van der Waals surface area contributed by atoms with E-state index < -0.39 is 21.6 Å². The van der Waals surface area contributed by atoms with Crippen molar-refractivity contribution < 1.29 is 17.6 Å². The van der Waals surface area contributed by atoms with E-state index in [0.717, 1.165) is 5.56 Å². The molecular formula is C24H20N2O5S. The van der Waals surface area contributed by atoms with Crippen molar-refractivity contribution in [1.82, 2.24) is 5.32 Å². The molecule has 0 aliphatic rings. The van der Waals surface area contributed by atoms with Gasteiger partial charge in [-0.2, -0.15) is 0 Å². The first kappa shape index (κ1) is 21.3. The van der Waals surface area contributed by atoms with Crippen molar-refractivity contribution in [2.75, 3.05) is 4.72 Å². The number of hydrogen-bond donors (Lipinski definition) is 2. The number of hydrogen-bond acceptors (Lipinski definition) is 5. The van der Waals surface area contributed by atoms with Crippen LogP contribution in [-0.2, 0) is 10.0 Å². The summed E-state index contributed by atoms with van der Waals surface area (Å²) in [7, 11) is -4.00. The van der Waals surface area contributed by atoms with Gasteiger partial charge in [-0.1, -0.05) is 42.5 Å². The summed E-state index contributed by atoms with van der Waals surface area (Å²) in [5.41, 5.74) is 1.05. The van der Waals surface area contributed by atoms with Crippen LogP contribution < -0.4 is 15.7 Å². The van der Waals surface area contributed by atoms with Crippen molar-refractivity contribution in [3.63, 3.8) is 0 Å². The molecule has 0 saturated carbocycles. The zero-order valence-corrected chi connectivity index (χ0v) is 17.9. The van der Waals surface area contributed by atoms with Gasteiger partial charge >= 0.3 is 5.63 Å². The SMILES string of the molecule is CC(NC(=O)c1ccccc1NS(=O)(=O)c1ccc2oc(=O)ccc2c1)c1ccccc1. The molecular weight excluding hydrogens is 428 g/mol. The number of carbonyl (C=O) groups excluding carboxylic acids is 1. The van der Waals surface area contributed by atoms with Gasteiger partial charge in [-0.25, -0.2) is 13.2 Å². The van der Waals surface area contributed by atoms with E-state index in [1.165, 1.54) is 36.4 Å². The quantitative estimate of drug-likeness (QED) is 0.432. The zero-order chi connectivity index (χ0) is 22.7. The average Bonchev–Trinajstić information content (AvgIpc) is 2.79. The van der Waals surface area contributed by atoms with Gasteiger partial charge in [0, 0.05) is 11.5 Å². The third-order valence-corrected chi connectivity index (χ3v) is 6.33. The number of benzene rings is 3. The third-order valence-electron chi connectivity index (χ3n) is 4.96. The zero-order valence-electron chi connectivity index (χ0n) is 17.1. The Bertz CT molecular complexity index is 1450. The summed E-state index contributed by atoms with van der Waals surface area (Å²) in [6.45, 7) is 1.85.